The van der Waals surface area contributed by atoms with Gasteiger partial charge in [0.1, 0.15) is 0 Å². The van der Waals surface area contributed by atoms with E-state index in [2.05, 4.69) is 10.6 Å². The summed E-state index contributed by atoms with van der Waals surface area (Å²) in [6.45, 7) is 4.65. The van der Waals surface area contributed by atoms with Crippen molar-refractivity contribution >= 4 is 23.2 Å². The molecule has 0 saturated carbocycles. The van der Waals surface area contributed by atoms with Gasteiger partial charge in [-0.2, -0.15) is 0 Å². The summed E-state index contributed by atoms with van der Waals surface area (Å²) in [5.74, 6) is 0.0431. The van der Waals surface area contributed by atoms with E-state index in [4.69, 9.17) is 12.2 Å². The molecule has 0 aromatic rings. The van der Waals surface area contributed by atoms with Gasteiger partial charge < -0.3 is 15.5 Å². The summed E-state index contributed by atoms with van der Waals surface area (Å²) in [6, 6.07) is 0. The second-order valence-corrected chi connectivity index (χ2v) is 2.99. The quantitative estimate of drug-likeness (QED) is 0.534. The molecule has 5 heteroatoms. The lowest BCUT2D eigenvalue weighted by molar-refractivity contribution is -0.122. The zero-order valence-electron chi connectivity index (χ0n) is 7.09. The van der Waals surface area contributed by atoms with E-state index in [1.165, 1.54) is 0 Å². The van der Waals surface area contributed by atoms with E-state index in [9.17, 15) is 4.79 Å². The normalized spacial score (nSPS) is 17.1. The lowest BCUT2D eigenvalue weighted by Gasteiger charge is -2.28. The summed E-state index contributed by atoms with van der Waals surface area (Å²) in [5.41, 5.74) is 0. The Kier molecular flexibility index (Phi) is 3.28. The van der Waals surface area contributed by atoms with Crippen molar-refractivity contribution in [1.29, 1.82) is 0 Å². The van der Waals surface area contributed by atoms with Crippen molar-refractivity contribution in [3.63, 3.8) is 0 Å². The van der Waals surface area contributed by atoms with E-state index in [1.807, 2.05) is 11.8 Å². The Morgan fingerprint density at radius 2 is 2.58 bits per heavy atom. The second kappa shape index (κ2) is 4.25. The number of piperazine rings is 1. The maximum Gasteiger partial charge on any atom is 0.239 e. The molecule has 0 aromatic heterocycles. The molecule has 1 fully saturated rings. The van der Waals surface area contributed by atoms with Gasteiger partial charge in [0.05, 0.1) is 6.54 Å². The number of hydrogen-bond acceptors (Lipinski definition) is 2. The number of hydrogen-bond donors (Lipinski definition) is 2. The van der Waals surface area contributed by atoms with Gasteiger partial charge in [-0.3, -0.25) is 4.79 Å². The molecule has 1 aliphatic heterocycles. The average molecular weight is 187 g/mol. The zero-order valence-corrected chi connectivity index (χ0v) is 7.91. The molecule has 1 rings (SSSR count). The van der Waals surface area contributed by atoms with Crippen LogP contribution in [0.2, 0.25) is 0 Å². The van der Waals surface area contributed by atoms with Gasteiger partial charge in [-0.15, -0.1) is 0 Å². The Morgan fingerprint density at radius 3 is 3.17 bits per heavy atom. The van der Waals surface area contributed by atoms with Gasteiger partial charge in [0.15, 0.2) is 5.11 Å². The van der Waals surface area contributed by atoms with E-state index in [1.54, 1.807) is 0 Å². The van der Waals surface area contributed by atoms with Crippen molar-refractivity contribution in [3.8, 4) is 0 Å². The molecule has 4 nitrogen and oxygen atoms in total. The predicted octanol–water partition coefficient (Wildman–Crippen LogP) is -0.687. The Morgan fingerprint density at radius 1 is 1.83 bits per heavy atom. The third kappa shape index (κ3) is 2.34. The van der Waals surface area contributed by atoms with Crippen LogP contribution < -0.4 is 10.6 Å². The molecule has 1 saturated heterocycles. The number of nitrogens with one attached hydrogen (secondary N) is 2. The van der Waals surface area contributed by atoms with Gasteiger partial charge in [-0.05, 0) is 19.1 Å². The summed E-state index contributed by atoms with van der Waals surface area (Å²) in [4.78, 5) is 12.8. The van der Waals surface area contributed by atoms with Crippen LogP contribution in [0, 0.1) is 0 Å². The first-order chi connectivity index (χ1) is 5.74. The fraction of sp³-hybridized carbons (Fsp3) is 0.714. The number of amides is 1. The van der Waals surface area contributed by atoms with Gasteiger partial charge in [0.25, 0.3) is 0 Å². The number of nitrogens with zero attached hydrogens (tertiary/aromatic N) is 1. The Hall–Kier alpha value is -0.840. The standard InChI is InChI=1S/C7H13N3OS/c1-2-8-7(12)10-4-3-9-6(11)5-10/h2-5H2,1H3,(H,8,12)(H,9,11). The maximum atomic E-state index is 10.9. The highest BCUT2D eigenvalue weighted by molar-refractivity contribution is 7.80. The summed E-state index contributed by atoms with van der Waals surface area (Å²) in [5, 5.41) is 6.43. The van der Waals surface area contributed by atoms with Gasteiger partial charge in [-0.1, -0.05) is 0 Å². The zero-order chi connectivity index (χ0) is 8.97. The summed E-state index contributed by atoms with van der Waals surface area (Å²) >= 11 is 5.06. The highest BCUT2D eigenvalue weighted by atomic mass is 32.1. The molecule has 2 N–H and O–H groups in total. The highest BCUT2D eigenvalue weighted by Crippen LogP contribution is 1.93. The first-order valence-corrected chi connectivity index (χ1v) is 4.44. The van der Waals surface area contributed by atoms with Crippen LogP contribution in [0.3, 0.4) is 0 Å². The van der Waals surface area contributed by atoms with Crippen molar-refractivity contribution in [1.82, 2.24) is 15.5 Å². The molecule has 0 spiro atoms. The van der Waals surface area contributed by atoms with Gasteiger partial charge in [0.2, 0.25) is 5.91 Å². The first-order valence-electron chi connectivity index (χ1n) is 4.03. The minimum absolute atomic E-state index is 0.0431. The van der Waals surface area contributed by atoms with Crippen LogP contribution in [-0.2, 0) is 4.79 Å². The summed E-state index contributed by atoms with van der Waals surface area (Å²) in [7, 11) is 0. The maximum absolute atomic E-state index is 10.9. The molecule has 0 aromatic carbocycles. The van der Waals surface area contributed by atoms with Gasteiger partial charge in [-0.25, -0.2) is 0 Å². The van der Waals surface area contributed by atoms with Crippen molar-refractivity contribution in [2.75, 3.05) is 26.2 Å². The average Bonchev–Trinajstić information content (AvgIpc) is 2.05. The summed E-state index contributed by atoms with van der Waals surface area (Å²) < 4.78 is 0. The Bertz CT molecular complexity index is 195. The molecule has 68 valence electrons. The fourth-order valence-corrected chi connectivity index (χ4v) is 1.38. The smallest absolute Gasteiger partial charge is 0.239 e. The molecule has 1 aliphatic rings. The number of carbonyl (C=O) groups is 1. The SMILES string of the molecule is CCNC(=S)N1CCNC(=O)C1. The number of carbonyl (C=O) groups excluding carboxylic acids is 1. The summed E-state index contributed by atoms with van der Waals surface area (Å²) in [6.07, 6.45) is 0. The van der Waals surface area contributed by atoms with Crippen LogP contribution in [-0.4, -0.2) is 42.1 Å². The van der Waals surface area contributed by atoms with Crippen LogP contribution in [0.1, 0.15) is 6.92 Å². The molecule has 0 unspecified atom stereocenters. The highest BCUT2D eigenvalue weighted by Gasteiger charge is 2.17. The Balaban J connectivity index is 2.40. The third-order valence-electron chi connectivity index (χ3n) is 1.65. The van der Waals surface area contributed by atoms with E-state index >= 15 is 0 Å². The first kappa shape index (κ1) is 9.25. The lowest BCUT2D eigenvalue weighted by Crippen LogP contribution is -2.52. The molecule has 1 heterocycles. The fourth-order valence-electron chi connectivity index (χ4n) is 1.07. The lowest BCUT2D eigenvalue weighted by atomic mass is 10.4. The molecule has 0 bridgehead atoms. The van der Waals surface area contributed by atoms with E-state index in [-0.39, 0.29) is 5.91 Å². The van der Waals surface area contributed by atoms with Crippen LogP contribution in [0.15, 0.2) is 0 Å². The number of thiocarbonyl (C=S) groups is 1. The monoisotopic (exact) mass is 187 g/mol. The van der Waals surface area contributed by atoms with Crippen LogP contribution in [0.25, 0.3) is 0 Å². The molecule has 12 heavy (non-hydrogen) atoms. The van der Waals surface area contributed by atoms with Crippen molar-refractivity contribution in [2.24, 2.45) is 0 Å². The van der Waals surface area contributed by atoms with Crippen molar-refractivity contribution in [2.45, 2.75) is 6.92 Å². The van der Waals surface area contributed by atoms with E-state index < -0.39 is 0 Å². The third-order valence-corrected chi connectivity index (χ3v) is 2.06. The van der Waals surface area contributed by atoms with Crippen LogP contribution in [0.4, 0.5) is 0 Å². The van der Waals surface area contributed by atoms with E-state index in [0.29, 0.717) is 18.2 Å². The van der Waals surface area contributed by atoms with Crippen LogP contribution in [0.5, 0.6) is 0 Å². The molecular formula is C7H13N3OS. The Labute approximate surface area is 77.3 Å². The van der Waals surface area contributed by atoms with E-state index in [0.717, 1.165) is 13.1 Å². The molecule has 0 radical (unpaired) electrons. The second-order valence-electron chi connectivity index (χ2n) is 2.61. The topological polar surface area (TPSA) is 44.4 Å². The van der Waals surface area contributed by atoms with Crippen molar-refractivity contribution < 1.29 is 4.79 Å². The van der Waals surface area contributed by atoms with Gasteiger partial charge >= 0.3 is 0 Å². The molecule has 1 amide bonds. The largest absolute Gasteiger partial charge is 0.363 e. The van der Waals surface area contributed by atoms with Crippen molar-refractivity contribution in [3.05, 3.63) is 0 Å². The molecule has 0 atom stereocenters. The van der Waals surface area contributed by atoms with Gasteiger partial charge in [0, 0.05) is 19.6 Å². The minimum Gasteiger partial charge on any atom is -0.363 e. The minimum atomic E-state index is 0.0431. The molecule has 0 aliphatic carbocycles. The predicted molar refractivity (Wildman–Crippen MR) is 50.9 cm³/mol. The molecular weight excluding hydrogens is 174 g/mol. The number of rotatable bonds is 1. The van der Waals surface area contributed by atoms with Crippen LogP contribution >= 0.6 is 12.2 Å².